The molecule has 4 rings (SSSR count). The topological polar surface area (TPSA) is 96.0 Å². The Morgan fingerprint density at radius 3 is 2.14 bits per heavy atom. The third kappa shape index (κ3) is 8.06. The van der Waals surface area contributed by atoms with E-state index in [4.69, 9.17) is 4.74 Å². The first kappa shape index (κ1) is 32.8. The van der Waals surface area contributed by atoms with Crippen molar-refractivity contribution in [1.82, 2.24) is 10.2 Å². The van der Waals surface area contributed by atoms with Crippen molar-refractivity contribution in [1.29, 1.82) is 0 Å². The summed E-state index contributed by atoms with van der Waals surface area (Å²) in [6.07, 6.45) is 0.251. The highest BCUT2D eigenvalue weighted by Crippen LogP contribution is 2.28. The van der Waals surface area contributed by atoms with Crippen molar-refractivity contribution in [3.05, 3.63) is 124 Å². The number of carbonyl (C=O) groups excluding carboxylic acids is 2. The van der Waals surface area contributed by atoms with E-state index in [1.807, 2.05) is 68.4 Å². The van der Waals surface area contributed by atoms with Crippen LogP contribution in [0.25, 0.3) is 0 Å². The average Bonchev–Trinajstić information content (AvgIpc) is 3.03. The van der Waals surface area contributed by atoms with Crippen LogP contribution < -0.4 is 14.4 Å². The molecular weight excluding hydrogens is 642 g/mol. The standard InChI is InChI=1S/C34H36BrN3O5S/c1-4-43-30-18-16-29(17-19-30)38(44(41,42)31-20-14-28(35)15-21-31)24-33(39)37(23-27-13-9-8-10-25(27)2)32(34(40)36-3)22-26-11-6-5-7-12-26/h5-21,32H,4,22-24H2,1-3H3,(H,36,40). The van der Waals surface area contributed by atoms with E-state index in [-0.39, 0.29) is 23.8 Å². The fraction of sp³-hybridized carbons (Fsp3) is 0.235. The van der Waals surface area contributed by atoms with Gasteiger partial charge >= 0.3 is 0 Å². The number of hydrogen-bond acceptors (Lipinski definition) is 5. The molecule has 0 saturated heterocycles. The number of halogens is 1. The summed E-state index contributed by atoms with van der Waals surface area (Å²) in [5, 5.41) is 2.70. The summed E-state index contributed by atoms with van der Waals surface area (Å²) in [5.41, 5.74) is 2.97. The van der Waals surface area contributed by atoms with Gasteiger partial charge in [-0.05, 0) is 79.1 Å². The maximum atomic E-state index is 14.4. The van der Waals surface area contributed by atoms with Gasteiger partial charge in [0.1, 0.15) is 18.3 Å². The van der Waals surface area contributed by atoms with E-state index in [9.17, 15) is 18.0 Å². The van der Waals surface area contributed by atoms with Crippen LogP contribution in [0.15, 0.2) is 112 Å². The zero-order chi connectivity index (χ0) is 31.7. The first-order chi connectivity index (χ1) is 21.1. The number of benzene rings is 4. The number of rotatable bonds is 13. The van der Waals surface area contributed by atoms with Gasteiger partial charge in [0.15, 0.2) is 0 Å². The molecule has 1 atom stereocenters. The SMILES string of the molecule is CCOc1ccc(N(CC(=O)N(Cc2ccccc2C)C(Cc2ccccc2)C(=O)NC)S(=O)(=O)c2ccc(Br)cc2)cc1. The van der Waals surface area contributed by atoms with E-state index in [1.165, 1.54) is 24.1 Å². The van der Waals surface area contributed by atoms with E-state index in [2.05, 4.69) is 21.2 Å². The van der Waals surface area contributed by atoms with E-state index in [0.717, 1.165) is 25.5 Å². The lowest BCUT2D eigenvalue weighted by Gasteiger charge is -2.34. The van der Waals surface area contributed by atoms with E-state index < -0.39 is 28.5 Å². The highest BCUT2D eigenvalue weighted by Gasteiger charge is 2.34. The second-order valence-corrected chi connectivity index (χ2v) is 12.9. The molecule has 2 amide bonds. The highest BCUT2D eigenvalue weighted by molar-refractivity contribution is 9.10. The summed E-state index contributed by atoms with van der Waals surface area (Å²) >= 11 is 3.36. The molecule has 4 aromatic rings. The molecule has 0 heterocycles. The Morgan fingerprint density at radius 1 is 0.886 bits per heavy atom. The Balaban J connectivity index is 1.79. The average molecular weight is 679 g/mol. The zero-order valence-electron chi connectivity index (χ0n) is 24.9. The van der Waals surface area contributed by atoms with Crippen LogP contribution in [-0.4, -0.2) is 51.4 Å². The van der Waals surface area contributed by atoms with Crippen LogP contribution in [-0.2, 0) is 32.6 Å². The van der Waals surface area contributed by atoms with Gasteiger partial charge in [0, 0.05) is 24.5 Å². The number of carbonyl (C=O) groups is 2. The molecule has 1 N–H and O–H groups in total. The molecule has 44 heavy (non-hydrogen) atoms. The molecule has 0 bridgehead atoms. The largest absolute Gasteiger partial charge is 0.494 e. The smallest absolute Gasteiger partial charge is 0.264 e. The molecule has 0 spiro atoms. The molecule has 1 unspecified atom stereocenters. The molecule has 0 fully saturated rings. The van der Waals surface area contributed by atoms with Crippen LogP contribution in [0.1, 0.15) is 23.6 Å². The van der Waals surface area contributed by atoms with Crippen LogP contribution in [0, 0.1) is 6.92 Å². The molecule has 0 aliphatic carbocycles. The lowest BCUT2D eigenvalue weighted by molar-refractivity contribution is -0.139. The second kappa shape index (κ2) is 15.0. The zero-order valence-corrected chi connectivity index (χ0v) is 27.3. The number of nitrogens with one attached hydrogen (secondary N) is 1. The van der Waals surface area contributed by atoms with Gasteiger partial charge in [0.2, 0.25) is 11.8 Å². The summed E-state index contributed by atoms with van der Waals surface area (Å²) in [4.78, 5) is 29.3. The lowest BCUT2D eigenvalue weighted by atomic mass is 10.0. The van der Waals surface area contributed by atoms with E-state index in [1.54, 1.807) is 36.4 Å². The van der Waals surface area contributed by atoms with Crippen molar-refractivity contribution in [2.75, 3.05) is 24.5 Å². The van der Waals surface area contributed by atoms with Gasteiger partial charge in [-0.15, -0.1) is 0 Å². The van der Waals surface area contributed by atoms with E-state index >= 15 is 0 Å². The van der Waals surface area contributed by atoms with Crippen molar-refractivity contribution in [2.45, 2.75) is 37.8 Å². The number of anilines is 1. The second-order valence-electron chi connectivity index (χ2n) is 10.2. The van der Waals surface area contributed by atoms with Gasteiger partial charge in [0.05, 0.1) is 17.2 Å². The van der Waals surface area contributed by atoms with Crippen molar-refractivity contribution < 1.29 is 22.7 Å². The molecule has 230 valence electrons. The molecule has 0 aliphatic heterocycles. The first-order valence-corrected chi connectivity index (χ1v) is 16.5. The number of sulfonamides is 1. The maximum Gasteiger partial charge on any atom is 0.264 e. The molecule has 4 aromatic carbocycles. The summed E-state index contributed by atoms with van der Waals surface area (Å²) in [7, 11) is -2.66. The first-order valence-electron chi connectivity index (χ1n) is 14.2. The fourth-order valence-corrected chi connectivity index (χ4v) is 6.51. The van der Waals surface area contributed by atoms with Crippen molar-refractivity contribution in [2.24, 2.45) is 0 Å². The summed E-state index contributed by atoms with van der Waals surface area (Å²) < 4.78 is 35.6. The van der Waals surface area contributed by atoms with Crippen molar-refractivity contribution in [3.63, 3.8) is 0 Å². The predicted molar refractivity (Wildman–Crippen MR) is 176 cm³/mol. The quantitative estimate of drug-likeness (QED) is 0.195. The molecule has 0 radical (unpaired) electrons. The summed E-state index contributed by atoms with van der Waals surface area (Å²) in [6, 6.07) is 29.0. The van der Waals surface area contributed by atoms with Gasteiger partial charge in [-0.3, -0.25) is 13.9 Å². The molecule has 0 aromatic heterocycles. The Bertz CT molecular complexity index is 1660. The van der Waals surface area contributed by atoms with Crippen LogP contribution in [0.4, 0.5) is 5.69 Å². The monoisotopic (exact) mass is 677 g/mol. The summed E-state index contributed by atoms with van der Waals surface area (Å²) in [5.74, 6) is -0.293. The third-order valence-corrected chi connectivity index (χ3v) is 9.55. The van der Waals surface area contributed by atoms with Crippen LogP contribution in [0.3, 0.4) is 0 Å². The minimum absolute atomic E-state index is 0.0278. The number of amides is 2. The van der Waals surface area contributed by atoms with Crippen LogP contribution in [0.5, 0.6) is 5.75 Å². The number of likely N-dealkylation sites (N-methyl/N-ethyl adjacent to an activating group) is 1. The number of nitrogens with zero attached hydrogens (tertiary/aromatic N) is 2. The molecular formula is C34H36BrN3O5S. The van der Waals surface area contributed by atoms with Crippen molar-refractivity contribution in [3.8, 4) is 5.75 Å². The number of aryl methyl sites for hydroxylation is 1. The van der Waals surface area contributed by atoms with Gasteiger partial charge in [-0.25, -0.2) is 8.42 Å². The lowest BCUT2D eigenvalue weighted by Crippen LogP contribution is -2.53. The predicted octanol–water partition coefficient (Wildman–Crippen LogP) is 5.74. The van der Waals surface area contributed by atoms with Crippen molar-refractivity contribution >= 4 is 43.5 Å². The molecule has 0 saturated carbocycles. The Hall–Kier alpha value is -4.15. The van der Waals surface area contributed by atoms with Crippen LogP contribution in [0.2, 0.25) is 0 Å². The Morgan fingerprint density at radius 2 is 1.52 bits per heavy atom. The van der Waals surface area contributed by atoms with Crippen LogP contribution >= 0.6 is 15.9 Å². The minimum Gasteiger partial charge on any atom is -0.494 e. The molecule has 10 heteroatoms. The highest BCUT2D eigenvalue weighted by atomic mass is 79.9. The fourth-order valence-electron chi connectivity index (χ4n) is 4.83. The minimum atomic E-state index is -4.19. The number of ether oxygens (including phenoxy) is 1. The molecule has 0 aliphatic rings. The van der Waals surface area contributed by atoms with Gasteiger partial charge < -0.3 is 15.0 Å². The summed E-state index contributed by atoms with van der Waals surface area (Å²) in [6.45, 7) is 3.84. The molecule has 8 nitrogen and oxygen atoms in total. The normalized spacial score (nSPS) is 11.8. The maximum absolute atomic E-state index is 14.4. The Kier molecular flexibility index (Phi) is 11.2. The van der Waals surface area contributed by atoms with Gasteiger partial charge in [-0.1, -0.05) is 70.5 Å². The Labute approximate surface area is 267 Å². The third-order valence-electron chi connectivity index (χ3n) is 7.24. The number of hydrogen-bond donors (Lipinski definition) is 1. The van der Waals surface area contributed by atoms with Gasteiger partial charge in [0.25, 0.3) is 10.0 Å². The van der Waals surface area contributed by atoms with E-state index in [0.29, 0.717) is 18.0 Å². The van der Waals surface area contributed by atoms with Gasteiger partial charge in [-0.2, -0.15) is 0 Å².